The molecular weight excluding hydrogens is 350 g/mol. The number of rotatable bonds is 8. The fourth-order valence-electron chi connectivity index (χ4n) is 3.74. The maximum atomic E-state index is 12.4. The van der Waals surface area contributed by atoms with E-state index in [0.29, 0.717) is 12.1 Å². The first-order chi connectivity index (χ1) is 13.6. The quantitative estimate of drug-likeness (QED) is 0.738. The summed E-state index contributed by atoms with van der Waals surface area (Å²) in [6.45, 7) is 5.20. The number of amides is 1. The summed E-state index contributed by atoms with van der Waals surface area (Å²) in [7, 11) is 2.08. The minimum Gasteiger partial charge on any atom is -0.392 e. The van der Waals surface area contributed by atoms with Gasteiger partial charge in [-0.05, 0) is 36.6 Å². The zero-order valence-electron chi connectivity index (χ0n) is 16.8. The van der Waals surface area contributed by atoms with Crippen molar-refractivity contribution in [1.29, 1.82) is 0 Å². The van der Waals surface area contributed by atoms with Crippen LogP contribution in [-0.4, -0.2) is 55.2 Å². The molecule has 2 unspecified atom stereocenters. The molecule has 0 saturated carbocycles. The Morgan fingerprint density at radius 1 is 1.25 bits per heavy atom. The Morgan fingerprint density at radius 3 is 2.71 bits per heavy atom. The van der Waals surface area contributed by atoms with Crippen LogP contribution in [0.1, 0.15) is 41.7 Å². The van der Waals surface area contributed by atoms with Gasteiger partial charge in [0.05, 0.1) is 12.1 Å². The average Bonchev–Trinajstić information content (AvgIpc) is 3.15. The van der Waals surface area contributed by atoms with Crippen molar-refractivity contribution in [2.45, 2.75) is 31.9 Å². The first kappa shape index (κ1) is 20.4. The molecule has 2 aromatic rings. The Kier molecular flexibility index (Phi) is 7.06. The number of benzene rings is 2. The molecule has 0 radical (unpaired) electrons. The van der Waals surface area contributed by atoms with Crippen LogP contribution >= 0.6 is 0 Å². The van der Waals surface area contributed by atoms with Gasteiger partial charge in [-0.1, -0.05) is 43.3 Å². The molecule has 2 atom stereocenters. The molecule has 1 aliphatic rings. The number of nitrogens with zero attached hydrogens (tertiary/aromatic N) is 2. The van der Waals surface area contributed by atoms with Gasteiger partial charge in [-0.25, -0.2) is 0 Å². The number of carbonyl (C=O) groups is 1. The first-order valence-electron chi connectivity index (χ1n) is 10.1. The monoisotopic (exact) mass is 381 g/mol. The van der Waals surface area contributed by atoms with Crippen LogP contribution in [-0.2, 0) is 0 Å². The summed E-state index contributed by atoms with van der Waals surface area (Å²) in [5.41, 5.74) is 2.92. The normalized spacial score (nSPS) is 18.0. The van der Waals surface area contributed by atoms with Crippen molar-refractivity contribution in [3.63, 3.8) is 0 Å². The Bertz CT molecular complexity index is 765. The molecule has 1 amide bonds. The Balaban J connectivity index is 1.82. The first-order valence-corrected chi connectivity index (χ1v) is 10.1. The van der Waals surface area contributed by atoms with E-state index in [9.17, 15) is 9.90 Å². The molecule has 2 aromatic carbocycles. The summed E-state index contributed by atoms with van der Waals surface area (Å²) >= 11 is 0. The van der Waals surface area contributed by atoms with Crippen LogP contribution < -0.4 is 10.2 Å². The maximum Gasteiger partial charge on any atom is 0.251 e. The van der Waals surface area contributed by atoms with Crippen molar-refractivity contribution < 1.29 is 9.90 Å². The molecule has 2 N–H and O–H groups in total. The number of nitrogens with one attached hydrogen (secondary N) is 1. The van der Waals surface area contributed by atoms with Gasteiger partial charge in [0.1, 0.15) is 0 Å². The van der Waals surface area contributed by atoms with Gasteiger partial charge in [0.25, 0.3) is 5.91 Å². The second kappa shape index (κ2) is 9.71. The highest BCUT2D eigenvalue weighted by Crippen LogP contribution is 2.28. The number of hydrogen-bond donors (Lipinski definition) is 2. The van der Waals surface area contributed by atoms with Crippen molar-refractivity contribution in [3.8, 4) is 0 Å². The maximum absolute atomic E-state index is 12.4. The topological polar surface area (TPSA) is 55.8 Å². The van der Waals surface area contributed by atoms with Crippen LogP contribution in [0.3, 0.4) is 0 Å². The second-order valence-electron chi connectivity index (χ2n) is 7.55. The van der Waals surface area contributed by atoms with Crippen molar-refractivity contribution in [2.75, 3.05) is 38.1 Å². The lowest BCUT2D eigenvalue weighted by molar-refractivity contribution is 0.0953. The largest absolute Gasteiger partial charge is 0.392 e. The van der Waals surface area contributed by atoms with E-state index < -0.39 is 0 Å². The lowest BCUT2D eigenvalue weighted by Gasteiger charge is -2.34. The van der Waals surface area contributed by atoms with Gasteiger partial charge in [-0.3, -0.25) is 9.69 Å². The fourth-order valence-corrected chi connectivity index (χ4v) is 3.74. The summed E-state index contributed by atoms with van der Waals surface area (Å²) < 4.78 is 0. The van der Waals surface area contributed by atoms with Crippen molar-refractivity contribution >= 4 is 11.6 Å². The predicted octanol–water partition coefficient (Wildman–Crippen LogP) is 3.07. The van der Waals surface area contributed by atoms with Gasteiger partial charge in [-0.2, -0.15) is 0 Å². The summed E-state index contributed by atoms with van der Waals surface area (Å²) in [5, 5.41) is 12.9. The number of likely N-dealkylation sites (tertiary alicyclic amines) is 1. The van der Waals surface area contributed by atoms with Crippen LogP contribution in [0.5, 0.6) is 0 Å². The molecule has 0 spiro atoms. The number of aliphatic hydroxyl groups excluding tert-OH is 1. The lowest BCUT2D eigenvalue weighted by atomic mass is 10.0. The third-order valence-corrected chi connectivity index (χ3v) is 5.38. The minimum atomic E-state index is -0.229. The zero-order valence-corrected chi connectivity index (χ0v) is 16.8. The minimum absolute atomic E-state index is 0.0315. The molecule has 1 fully saturated rings. The predicted molar refractivity (Wildman–Crippen MR) is 114 cm³/mol. The summed E-state index contributed by atoms with van der Waals surface area (Å²) in [6, 6.07) is 18.4. The summed E-state index contributed by atoms with van der Waals surface area (Å²) in [5.74, 6) is -0.0315. The highest BCUT2D eigenvalue weighted by molar-refractivity contribution is 5.95. The molecule has 3 rings (SSSR count). The molecule has 1 heterocycles. The number of hydrogen-bond acceptors (Lipinski definition) is 4. The van der Waals surface area contributed by atoms with E-state index in [1.807, 2.05) is 37.3 Å². The van der Waals surface area contributed by atoms with E-state index >= 15 is 0 Å². The molecule has 150 valence electrons. The van der Waals surface area contributed by atoms with Gasteiger partial charge in [0.15, 0.2) is 0 Å². The number of carbonyl (C=O) groups excluding carboxylic acids is 1. The molecule has 0 bridgehead atoms. The van der Waals surface area contributed by atoms with Crippen LogP contribution in [0.25, 0.3) is 0 Å². The molecule has 0 aromatic heterocycles. The standard InChI is InChI=1S/C23H31N3O2/c1-3-13-24-23(28)19-10-7-11-20(15-19)25(2)22(18-8-5-4-6-9-18)17-26-14-12-21(27)16-26/h4-11,15,21-22,27H,3,12-14,16-17H2,1-2H3,(H,24,28). The van der Waals surface area contributed by atoms with E-state index in [1.165, 1.54) is 5.56 Å². The van der Waals surface area contributed by atoms with E-state index in [0.717, 1.165) is 38.2 Å². The van der Waals surface area contributed by atoms with E-state index in [-0.39, 0.29) is 18.1 Å². The number of β-amino-alcohol motifs (C(OH)–C–C–N with tert-alkyl or cyclic N) is 1. The summed E-state index contributed by atoms with van der Waals surface area (Å²) in [6.07, 6.45) is 1.52. The number of likely N-dealkylation sites (N-methyl/N-ethyl adjacent to an activating group) is 1. The molecular formula is C23H31N3O2. The van der Waals surface area contributed by atoms with Crippen molar-refractivity contribution in [1.82, 2.24) is 10.2 Å². The fraction of sp³-hybridized carbons (Fsp3) is 0.435. The van der Waals surface area contributed by atoms with Crippen molar-refractivity contribution in [2.24, 2.45) is 0 Å². The zero-order chi connectivity index (χ0) is 19.9. The Hall–Kier alpha value is -2.37. The average molecular weight is 382 g/mol. The highest BCUT2D eigenvalue weighted by Gasteiger charge is 2.26. The van der Waals surface area contributed by atoms with Crippen LogP contribution in [0.15, 0.2) is 54.6 Å². The molecule has 5 nitrogen and oxygen atoms in total. The SMILES string of the molecule is CCCNC(=O)c1cccc(N(C)C(CN2CCC(O)C2)c2ccccc2)c1. The molecule has 5 heteroatoms. The van der Waals surface area contributed by atoms with Gasteiger partial charge < -0.3 is 15.3 Å². The van der Waals surface area contributed by atoms with E-state index in [2.05, 4.69) is 46.4 Å². The molecule has 28 heavy (non-hydrogen) atoms. The molecule has 1 aliphatic heterocycles. The number of aliphatic hydroxyl groups is 1. The van der Waals surface area contributed by atoms with Crippen LogP contribution in [0.4, 0.5) is 5.69 Å². The summed E-state index contributed by atoms with van der Waals surface area (Å²) in [4.78, 5) is 16.9. The lowest BCUT2D eigenvalue weighted by Crippen LogP contribution is -2.36. The molecule has 0 aliphatic carbocycles. The van der Waals surface area contributed by atoms with Gasteiger partial charge in [0, 0.05) is 44.5 Å². The third kappa shape index (κ3) is 5.12. The van der Waals surface area contributed by atoms with E-state index in [1.54, 1.807) is 0 Å². The van der Waals surface area contributed by atoms with Gasteiger partial charge >= 0.3 is 0 Å². The van der Waals surface area contributed by atoms with Gasteiger partial charge in [-0.15, -0.1) is 0 Å². The highest BCUT2D eigenvalue weighted by atomic mass is 16.3. The van der Waals surface area contributed by atoms with E-state index in [4.69, 9.17) is 0 Å². The van der Waals surface area contributed by atoms with Crippen LogP contribution in [0, 0.1) is 0 Å². The number of anilines is 1. The smallest absolute Gasteiger partial charge is 0.251 e. The molecule has 1 saturated heterocycles. The Labute approximate surface area is 168 Å². The third-order valence-electron chi connectivity index (χ3n) is 5.38. The second-order valence-corrected chi connectivity index (χ2v) is 7.55. The van der Waals surface area contributed by atoms with Crippen LogP contribution in [0.2, 0.25) is 0 Å². The van der Waals surface area contributed by atoms with Crippen molar-refractivity contribution in [3.05, 3.63) is 65.7 Å². The van der Waals surface area contributed by atoms with Gasteiger partial charge in [0.2, 0.25) is 0 Å². The Morgan fingerprint density at radius 2 is 2.04 bits per heavy atom.